The molecule has 4 aromatic rings. The molecule has 0 spiro atoms. The fraction of sp³-hybridized carbons (Fsp3) is 0.475. The van der Waals surface area contributed by atoms with Gasteiger partial charge in [0.05, 0.1) is 47.0 Å². The number of carbonyl (C=O) groups is 7. The van der Waals surface area contributed by atoms with Crippen molar-refractivity contribution >= 4 is 41.4 Å². The molecule has 21 heteroatoms. The fourth-order valence-electron chi connectivity index (χ4n) is 10.4. The van der Waals surface area contributed by atoms with Crippen molar-refractivity contribution < 1.29 is 76.6 Å². The summed E-state index contributed by atoms with van der Waals surface area (Å²) in [6.07, 6.45) is 4.07. The Labute approximate surface area is 465 Å². The topological polar surface area (TPSA) is 256 Å². The molecule has 80 heavy (non-hydrogen) atoms. The molecule has 3 aliphatic rings. The summed E-state index contributed by atoms with van der Waals surface area (Å²) >= 11 is 0. The number of piperidine rings is 2. The van der Waals surface area contributed by atoms with E-state index in [1.165, 1.54) is 27.4 Å². The summed E-state index contributed by atoms with van der Waals surface area (Å²) in [4.78, 5) is 94.8. The van der Waals surface area contributed by atoms with Gasteiger partial charge in [-0.1, -0.05) is 50.1 Å². The van der Waals surface area contributed by atoms with Gasteiger partial charge in [0.1, 0.15) is 29.7 Å². The van der Waals surface area contributed by atoms with Gasteiger partial charge in [-0.15, -0.1) is 0 Å². The number of methoxy groups -OCH3 is 5. The highest BCUT2D eigenvalue weighted by Crippen LogP contribution is 2.43. The number of benzene rings is 4. The van der Waals surface area contributed by atoms with E-state index in [4.69, 9.17) is 37.9 Å². The molecule has 5 atom stereocenters. The van der Waals surface area contributed by atoms with Crippen LogP contribution in [-0.4, -0.2) is 137 Å². The van der Waals surface area contributed by atoms with Crippen molar-refractivity contribution in [2.45, 2.75) is 114 Å². The Morgan fingerprint density at radius 2 is 1.39 bits per heavy atom. The molecule has 21 nitrogen and oxygen atoms in total. The summed E-state index contributed by atoms with van der Waals surface area (Å²) < 4.78 is 45.8. The molecule has 4 N–H and O–H groups in total. The SMILES string of the molecule is CC[C@H](C(=O)N1CCCC[C@H]1C(=O)O[C@H](CCc1ccc(OC)c(OC)c1)c1cccc(OCC(=O)NCCCCCCNC(=O)COc2cccc3c2C(=O)N(C2CCC(=O)NC2=O)C3O)c1)c1cc(OC)c(OC)c(OC)c1. The fourth-order valence-corrected chi connectivity index (χ4v) is 10.4. The number of aliphatic hydroxyl groups is 1. The van der Waals surface area contributed by atoms with E-state index in [0.29, 0.717) is 104 Å². The smallest absolute Gasteiger partial charge is 0.329 e. The van der Waals surface area contributed by atoms with Gasteiger partial charge >= 0.3 is 5.97 Å². The molecule has 0 aromatic heterocycles. The lowest BCUT2D eigenvalue weighted by Crippen LogP contribution is -2.53. The quantitative estimate of drug-likeness (QED) is 0.0288. The third kappa shape index (κ3) is 14.6. The van der Waals surface area contributed by atoms with Gasteiger partial charge in [-0.25, -0.2) is 4.79 Å². The number of nitrogens with one attached hydrogen (secondary N) is 3. The number of aliphatic hydroxyl groups excluding tert-OH is 1. The van der Waals surface area contributed by atoms with Crippen LogP contribution in [0.2, 0.25) is 0 Å². The molecule has 3 heterocycles. The lowest BCUT2D eigenvalue weighted by Gasteiger charge is -2.37. The number of hydrogen-bond donors (Lipinski definition) is 4. The number of nitrogens with zero attached hydrogens (tertiary/aromatic N) is 2. The number of carbonyl (C=O) groups excluding carboxylic acids is 7. The second-order valence-electron chi connectivity index (χ2n) is 19.7. The molecule has 3 aliphatic heterocycles. The highest BCUT2D eigenvalue weighted by Gasteiger charge is 2.46. The maximum Gasteiger partial charge on any atom is 0.329 e. The van der Waals surface area contributed by atoms with Gasteiger partial charge in [0, 0.05) is 31.6 Å². The summed E-state index contributed by atoms with van der Waals surface area (Å²) in [6, 6.07) is 19.0. The first-order valence-corrected chi connectivity index (χ1v) is 27.1. The van der Waals surface area contributed by atoms with Crippen LogP contribution in [0.25, 0.3) is 0 Å². The van der Waals surface area contributed by atoms with Crippen LogP contribution in [-0.2, 0) is 39.9 Å². The van der Waals surface area contributed by atoms with Crippen molar-refractivity contribution in [3.63, 3.8) is 0 Å². The predicted molar refractivity (Wildman–Crippen MR) is 291 cm³/mol. The molecule has 2 saturated heterocycles. The van der Waals surface area contributed by atoms with Gasteiger partial charge in [0.2, 0.25) is 23.5 Å². The van der Waals surface area contributed by atoms with Gasteiger partial charge < -0.3 is 58.5 Å². The normalized spacial score (nSPS) is 17.5. The molecule has 2 unspecified atom stereocenters. The number of amides is 6. The zero-order chi connectivity index (χ0) is 57.3. The van der Waals surface area contributed by atoms with Crippen molar-refractivity contribution in [1.82, 2.24) is 25.8 Å². The molecule has 2 fully saturated rings. The number of likely N-dealkylation sites (tertiary alicyclic amines) is 1. The minimum absolute atomic E-state index is 0.0328. The van der Waals surface area contributed by atoms with E-state index in [0.717, 1.165) is 36.1 Å². The third-order valence-corrected chi connectivity index (χ3v) is 14.6. The number of esters is 1. The Morgan fingerprint density at radius 1 is 0.713 bits per heavy atom. The minimum atomic E-state index is -1.41. The van der Waals surface area contributed by atoms with Crippen LogP contribution in [0.3, 0.4) is 0 Å². The number of aryl methyl sites for hydroxylation is 1. The number of ether oxygens (including phenoxy) is 8. The van der Waals surface area contributed by atoms with E-state index in [1.54, 1.807) is 61.6 Å². The second-order valence-corrected chi connectivity index (χ2v) is 19.7. The van der Waals surface area contributed by atoms with Crippen molar-refractivity contribution in [2.24, 2.45) is 0 Å². The number of unbranched alkanes of at least 4 members (excludes halogenated alkanes) is 3. The zero-order valence-electron chi connectivity index (χ0n) is 46.3. The highest BCUT2D eigenvalue weighted by molar-refractivity contribution is 6.07. The molecule has 430 valence electrons. The lowest BCUT2D eigenvalue weighted by atomic mass is 9.91. The standard InChI is InChI=1S/C59H73N5O16/c1-7-40(38-32-48(75-4)54(77-6)49(33-38)76-5)56(69)63-29-13-10-19-43(63)59(72)80-44(24-21-36-22-25-45(73-2)47(30-36)74-3)37-16-14-17-39(31-37)78-34-51(66)60-27-11-8-9-12-28-61-52(67)35-79-46-20-15-18-41-53(46)58(71)64(57(41)70)42-23-26-50(65)62-55(42)68/h14-18,20,22,25,30-33,40,42-44,57,70H,7-13,19,21,23-24,26-29,34-35H2,1-6H3,(H,60,66)(H,61,67)(H,62,65,68)/t40-,42?,43-,44+,57?/m0/s1. The summed E-state index contributed by atoms with van der Waals surface area (Å²) in [6.45, 7) is 2.46. The number of fused-ring (bicyclic) bond motifs is 1. The summed E-state index contributed by atoms with van der Waals surface area (Å²) in [7, 11) is 7.69. The Balaban J connectivity index is 0.885. The van der Waals surface area contributed by atoms with Crippen LogP contribution in [0.4, 0.5) is 0 Å². The first-order valence-electron chi connectivity index (χ1n) is 27.1. The molecule has 0 radical (unpaired) electrons. The molecule has 7 rings (SSSR count). The van der Waals surface area contributed by atoms with Crippen LogP contribution in [0.1, 0.15) is 128 Å². The zero-order valence-corrected chi connectivity index (χ0v) is 46.3. The van der Waals surface area contributed by atoms with Gasteiger partial charge in [0.15, 0.2) is 42.4 Å². The van der Waals surface area contributed by atoms with Gasteiger partial charge in [0.25, 0.3) is 17.7 Å². The van der Waals surface area contributed by atoms with Crippen molar-refractivity contribution in [3.05, 3.63) is 101 Å². The van der Waals surface area contributed by atoms with E-state index >= 15 is 0 Å². The number of hydrogen-bond acceptors (Lipinski definition) is 16. The minimum Gasteiger partial charge on any atom is -0.493 e. The van der Waals surface area contributed by atoms with Crippen LogP contribution in [0, 0.1) is 0 Å². The van der Waals surface area contributed by atoms with E-state index in [1.807, 2.05) is 31.2 Å². The van der Waals surface area contributed by atoms with Crippen LogP contribution in [0.5, 0.6) is 40.2 Å². The van der Waals surface area contributed by atoms with Crippen LogP contribution < -0.4 is 49.1 Å². The van der Waals surface area contributed by atoms with Gasteiger partial charge in [-0.3, -0.25) is 39.0 Å². The first kappa shape index (κ1) is 59.6. The van der Waals surface area contributed by atoms with Gasteiger partial charge in [-0.05, 0) is 117 Å². The highest BCUT2D eigenvalue weighted by atomic mass is 16.5. The molecule has 6 amide bonds. The first-order chi connectivity index (χ1) is 38.7. The monoisotopic (exact) mass is 1110 g/mol. The van der Waals surface area contributed by atoms with E-state index in [9.17, 15) is 38.7 Å². The molecular formula is C59H73N5O16. The Hall–Kier alpha value is -8.07. The maximum atomic E-state index is 14.5. The number of rotatable bonds is 28. The summed E-state index contributed by atoms with van der Waals surface area (Å²) in [5, 5.41) is 18.8. The van der Waals surface area contributed by atoms with Crippen molar-refractivity contribution in [3.8, 4) is 40.2 Å². The largest absolute Gasteiger partial charge is 0.493 e. The predicted octanol–water partition coefficient (Wildman–Crippen LogP) is 6.02. The van der Waals surface area contributed by atoms with Crippen molar-refractivity contribution in [1.29, 1.82) is 0 Å². The molecule has 4 aromatic carbocycles. The Kier molecular flexibility index (Phi) is 21.4. The third-order valence-electron chi connectivity index (χ3n) is 14.6. The van der Waals surface area contributed by atoms with Crippen molar-refractivity contribution in [2.75, 3.05) is 68.4 Å². The van der Waals surface area contributed by atoms with E-state index in [2.05, 4.69) is 16.0 Å². The molecule has 0 aliphatic carbocycles. The van der Waals surface area contributed by atoms with Crippen LogP contribution in [0.15, 0.2) is 72.8 Å². The van der Waals surface area contributed by atoms with Gasteiger partial charge in [-0.2, -0.15) is 0 Å². The Morgan fingerprint density at radius 3 is 2.04 bits per heavy atom. The lowest BCUT2D eigenvalue weighted by molar-refractivity contribution is -0.162. The molecule has 0 saturated carbocycles. The average Bonchev–Trinajstić information content (AvgIpc) is 3.73. The summed E-state index contributed by atoms with van der Waals surface area (Å²) in [5.41, 5.74) is 2.55. The number of imide groups is 1. The van der Waals surface area contributed by atoms with E-state index in [-0.39, 0.29) is 54.7 Å². The second kappa shape index (κ2) is 28.7. The molecular weight excluding hydrogens is 1030 g/mol. The molecule has 0 bridgehead atoms. The summed E-state index contributed by atoms with van der Waals surface area (Å²) in [5.74, 6) is -0.892. The average molecular weight is 1110 g/mol. The van der Waals surface area contributed by atoms with E-state index < -0.39 is 59.9 Å². The van der Waals surface area contributed by atoms with Crippen LogP contribution >= 0.6 is 0 Å². The Bertz CT molecular complexity index is 2830. The maximum absolute atomic E-state index is 14.5.